The van der Waals surface area contributed by atoms with Crippen LogP contribution in [-0.4, -0.2) is 83.9 Å². The Morgan fingerprint density at radius 2 is 1.62 bits per heavy atom. The van der Waals surface area contributed by atoms with Crippen molar-refractivity contribution in [3.63, 3.8) is 0 Å². The number of hydrogen-bond acceptors (Lipinski definition) is 9. The Kier molecular flexibility index (Phi) is 10.2. The summed E-state index contributed by atoms with van der Waals surface area (Å²) in [5.41, 5.74) is 3.06. The van der Waals surface area contributed by atoms with Crippen molar-refractivity contribution in [1.82, 2.24) is 24.4 Å². The van der Waals surface area contributed by atoms with Gasteiger partial charge in [0.15, 0.2) is 0 Å². The molecule has 0 spiro atoms. The molecule has 2 aromatic carbocycles. The van der Waals surface area contributed by atoms with E-state index in [0.29, 0.717) is 13.0 Å². The summed E-state index contributed by atoms with van der Waals surface area (Å²) in [4.78, 5) is 29.9. The minimum absolute atomic E-state index is 0.161. The molecule has 1 fully saturated rings. The van der Waals surface area contributed by atoms with Crippen LogP contribution in [0.2, 0.25) is 0 Å². The number of piperazine rings is 1. The first-order valence-electron chi connectivity index (χ1n) is 14.7. The molecule has 0 radical (unpaired) electrons. The Balaban J connectivity index is 1.24. The highest BCUT2D eigenvalue weighted by Crippen LogP contribution is 2.29. The number of nitrogens with zero attached hydrogens (tertiary/aromatic N) is 6. The predicted octanol–water partition coefficient (Wildman–Crippen LogP) is 4.83. The van der Waals surface area contributed by atoms with Gasteiger partial charge in [-0.15, -0.1) is 0 Å². The highest BCUT2D eigenvalue weighted by molar-refractivity contribution is 5.82. The largest absolute Gasteiger partial charge is 0.497 e. The standard InChI is InChI=1S/C32H40N6O4/c1-40-26-11-9-25(10-12-26)31-35-28-14-13-27(42-23-5-3-4-8-30(39)41-2)24-29(28)38(31)18-7-17-36-19-21-37(22-20-36)32-33-15-6-16-34-32/h6,9-16,24H,3-5,7-8,17-23H2,1-2H3. The third kappa shape index (κ3) is 7.55. The van der Waals surface area contributed by atoms with E-state index in [1.165, 1.54) is 7.11 Å². The third-order valence-electron chi connectivity index (χ3n) is 7.65. The fraction of sp³-hybridized carbons (Fsp3) is 0.438. The van der Waals surface area contributed by atoms with Gasteiger partial charge < -0.3 is 23.7 Å². The molecule has 0 amide bonds. The fourth-order valence-electron chi connectivity index (χ4n) is 5.30. The number of imidazole rings is 1. The molecular formula is C32H40N6O4. The summed E-state index contributed by atoms with van der Waals surface area (Å²) in [5.74, 6) is 3.25. The van der Waals surface area contributed by atoms with Crippen molar-refractivity contribution in [3.8, 4) is 22.9 Å². The number of carbonyl (C=O) groups is 1. The second kappa shape index (κ2) is 14.6. The molecule has 4 aromatic rings. The summed E-state index contributed by atoms with van der Waals surface area (Å²) in [6, 6.07) is 16.1. The molecule has 10 heteroatoms. The zero-order valence-corrected chi connectivity index (χ0v) is 24.6. The van der Waals surface area contributed by atoms with Crippen molar-refractivity contribution < 1.29 is 19.0 Å². The van der Waals surface area contributed by atoms with E-state index in [9.17, 15) is 4.79 Å². The van der Waals surface area contributed by atoms with Gasteiger partial charge in [-0.05, 0) is 74.7 Å². The summed E-state index contributed by atoms with van der Waals surface area (Å²) < 4.78 is 18.5. The molecule has 0 N–H and O–H groups in total. The van der Waals surface area contributed by atoms with Crippen LogP contribution in [0.15, 0.2) is 60.9 Å². The second-order valence-corrected chi connectivity index (χ2v) is 10.4. The number of benzene rings is 2. The number of carbonyl (C=O) groups excluding carboxylic acids is 1. The molecule has 5 rings (SSSR count). The van der Waals surface area contributed by atoms with Crippen LogP contribution in [0.3, 0.4) is 0 Å². The molecule has 1 aliphatic rings. The summed E-state index contributed by atoms with van der Waals surface area (Å²) in [5, 5.41) is 0. The van der Waals surface area contributed by atoms with Crippen molar-refractivity contribution in [2.24, 2.45) is 0 Å². The van der Waals surface area contributed by atoms with Crippen molar-refractivity contribution >= 4 is 23.0 Å². The van der Waals surface area contributed by atoms with Crippen LogP contribution in [0.25, 0.3) is 22.4 Å². The lowest BCUT2D eigenvalue weighted by molar-refractivity contribution is -0.140. The van der Waals surface area contributed by atoms with Crippen molar-refractivity contribution in [2.75, 3.05) is 58.5 Å². The van der Waals surface area contributed by atoms with E-state index in [1.807, 2.05) is 30.3 Å². The molecule has 10 nitrogen and oxygen atoms in total. The van der Waals surface area contributed by atoms with Gasteiger partial charge in [-0.3, -0.25) is 9.69 Å². The molecule has 1 aliphatic heterocycles. The first-order chi connectivity index (χ1) is 20.6. The van der Waals surface area contributed by atoms with Gasteiger partial charge >= 0.3 is 5.97 Å². The van der Waals surface area contributed by atoms with Gasteiger partial charge in [0.1, 0.15) is 17.3 Å². The van der Waals surface area contributed by atoms with E-state index in [-0.39, 0.29) is 5.97 Å². The maximum absolute atomic E-state index is 11.3. The van der Waals surface area contributed by atoms with E-state index >= 15 is 0 Å². The number of aromatic nitrogens is 4. The SMILES string of the molecule is COC(=O)CCCCCOc1ccc2nc(-c3ccc(OC)cc3)n(CCCN3CCN(c4ncccn4)CC3)c2c1. The first-order valence-corrected chi connectivity index (χ1v) is 14.7. The predicted molar refractivity (Wildman–Crippen MR) is 163 cm³/mol. The van der Waals surface area contributed by atoms with Gasteiger partial charge in [0, 0.05) is 63.2 Å². The van der Waals surface area contributed by atoms with Crippen molar-refractivity contribution in [1.29, 1.82) is 0 Å². The van der Waals surface area contributed by atoms with Crippen LogP contribution in [0, 0.1) is 0 Å². The van der Waals surface area contributed by atoms with Crippen LogP contribution in [0.5, 0.6) is 11.5 Å². The lowest BCUT2D eigenvalue weighted by atomic mass is 10.2. The Labute approximate surface area is 247 Å². The van der Waals surface area contributed by atoms with E-state index in [4.69, 9.17) is 19.2 Å². The highest BCUT2D eigenvalue weighted by atomic mass is 16.5. The molecule has 0 saturated carbocycles. The third-order valence-corrected chi connectivity index (χ3v) is 7.65. The minimum atomic E-state index is -0.161. The fourth-order valence-corrected chi connectivity index (χ4v) is 5.30. The number of hydrogen-bond donors (Lipinski definition) is 0. The first kappa shape index (κ1) is 29.3. The molecule has 222 valence electrons. The molecule has 2 aromatic heterocycles. The van der Waals surface area contributed by atoms with Gasteiger partial charge in [-0.2, -0.15) is 0 Å². The summed E-state index contributed by atoms with van der Waals surface area (Å²) >= 11 is 0. The average molecular weight is 573 g/mol. The monoisotopic (exact) mass is 572 g/mol. The number of rotatable bonds is 14. The van der Waals surface area contributed by atoms with Crippen molar-refractivity contribution in [2.45, 2.75) is 38.6 Å². The number of anilines is 1. The van der Waals surface area contributed by atoms with Gasteiger partial charge in [-0.25, -0.2) is 15.0 Å². The van der Waals surface area contributed by atoms with Crippen molar-refractivity contribution in [3.05, 3.63) is 60.9 Å². The van der Waals surface area contributed by atoms with Crippen LogP contribution < -0.4 is 14.4 Å². The number of fused-ring (bicyclic) bond motifs is 1. The maximum Gasteiger partial charge on any atom is 0.305 e. The van der Waals surface area contributed by atoms with E-state index in [0.717, 1.165) is 105 Å². The minimum Gasteiger partial charge on any atom is -0.497 e. The van der Waals surface area contributed by atoms with Gasteiger partial charge in [0.2, 0.25) is 5.95 Å². The number of esters is 1. The molecule has 0 atom stereocenters. The Morgan fingerprint density at radius 1 is 0.857 bits per heavy atom. The number of methoxy groups -OCH3 is 2. The lowest BCUT2D eigenvalue weighted by Crippen LogP contribution is -2.47. The molecule has 1 saturated heterocycles. The topological polar surface area (TPSA) is 94.8 Å². The second-order valence-electron chi connectivity index (χ2n) is 10.4. The Hall–Kier alpha value is -4.18. The van der Waals surface area contributed by atoms with E-state index in [2.05, 4.69) is 42.5 Å². The normalized spacial score (nSPS) is 13.8. The molecule has 0 unspecified atom stereocenters. The van der Waals surface area contributed by atoms with E-state index in [1.54, 1.807) is 19.5 Å². The van der Waals surface area contributed by atoms with Gasteiger partial charge in [0.05, 0.1) is 31.9 Å². The smallest absolute Gasteiger partial charge is 0.305 e. The summed E-state index contributed by atoms with van der Waals surface area (Å²) in [6.07, 6.45) is 7.67. The highest BCUT2D eigenvalue weighted by Gasteiger charge is 2.19. The molecule has 42 heavy (non-hydrogen) atoms. The van der Waals surface area contributed by atoms with Crippen LogP contribution in [-0.2, 0) is 16.1 Å². The molecule has 0 aliphatic carbocycles. The molecular weight excluding hydrogens is 532 g/mol. The molecule has 3 heterocycles. The molecule has 0 bridgehead atoms. The zero-order chi connectivity index (χ0) is 29.1. The summed E-state index contributed by atoms with van der Waals surface area (Å²) in [7, 11) is 3.10. The Morgan fingerprint density at radius 3 is 2.36 bits per heavy atom. The van der Waals surface area contributed by atoms with E-state index < -0.39 is 0 Å². The van der Waals surface area contributed by atoms with Crippen LogP contribution in [0.4, 0.5) is 5.95 Å². The maximum atomic E-state index is 11.3. The van der Waals surface area contributed by atoms with Crippen LogP contribution >= 0.6 is 0 Å². The zero-order valence-electron chi connectivity index (χ0n) is 24.6. The van der Waals surface area contributed by atoms with Crippen LogP contribution in [0.1, 0.15) is 32.1 Å². The Bertz CT molecular complexity index is 1420. The quantitative estimate of drug-likeness (QED) is 0.156. The van der Waals surface area contributed by atoms with Gasteiger partial charge in [0.25, 0.3) is 0 Å². The number of aryl methyl sites for hydroxylation is 1. The van der Waals surface area contributed by atoms with Gasteiger partial charge in [-0.1, -0.05) is 0 Å². The number of unbranched alkanes of at least 4 members (excludes halogenated alkanes) is 2. The lowest BCUT2D eigenvalue weighted by Gasteiger charge is -2.34. The average Bonchev–Trinajstić information content (AvgIpc) is 3.41. The number of ether oxygens (including phenoxy) is 3. The summed E-state index contributed by atoms with van der Waals surface area (Å²) in [6.45, 7) is 6.30.